The summed E-state index contributed by atoms with van der Waals surface area (Å²) in [7, 11) is 1.82. The van der Waals surface area contributed by atoms with Gasteiger partial charge in [-0.05, 0) is 48.9 Å². The lowest BCUT2D eigenvalue weighted by molar-refractivity contribution is 0.151. The molecule has 0 radical (unpaired) electrons. The van der Waals surface area contributed by atoms with Gasteiger partial charge in [0.05, 0.1) is 6.54 Å². The minimum absolute atomic E-state index is 0. The summed E-state index contributed by atoms with van der Waals surface area (Å²) in [5.41, 5.74) is 1.43. The van der Waals surface area contributed by atoms with Crippen LogP contribution in [0.2, 0.25) is 5.02 Å². The van der Waals surface area contributed by atoms with Gasteiger partial charge < -0.3 is 14.7 Å². The second-order valence-corrected chi connectivity index (χ2v) is 7.38. The zero-order valence-electron chi connectivity index (χ0n) is 14.7. The third-order valence-electron chi connectivity index (χ3n) is 5.33. The van der Waals surface area contributed by atoms with Crippen LogP contribution >= 0.6 is 35.6 Å². The molecule has 1 saturated carbocycles. The summed E-state index contributed by atoms with van der Waals surface area (Å²) in [4.78, 5) is 11.2. The number of aliphatic imine (C=N–C) groups is 1. The molecule has 1 aliphatic carbocycles. The molecule has 0 amide bonds. The van der Waals surface area contributed by atoms with E-state index in [9.17, 15) is 0 Å². The van der Waals surface area contributed by atoms with Gasteiger partial charge >= 0.3 is 0 Å². The topological polar surface area (TPSA) is 66.5 Å². The molecule has 2 heterocycles. The molecule has 1 aromatic carbocycles. The molecule has 8 heteroatoms. The highest BCUT2D eigenvalue weighted by molar-refractivity contribution is 14.0. The van der Waals surface area contributed by atoms with Crippen molar-refractivity contribution in [1.29, 1.82) is 0 Å². The van der Waals surface area contributed by atoms with Crippen LogP contribution in [0.4, 0.5) is 0 Å². The third kappa shape index (κ3) is 3.98. The van der Waals surface area contributed by atoms with Crippen LogP contribution in [0.3, 0.4) is 0 Å². The number of benzene rings is 1. The Morgan fingerprint density at radius 3 is 2.69 bits per heavy atom. The van der Waals surface area contributed by atoms with E-state index >= 15 is 0 Å². The van der Waals surface area contributed by atoms with Crippen LogP contribution in [-0.2, 0) is 6.54 Å². The van der Waals surface area contributed by atoms with Gasteiger partial charge in [-0.2, -0.15) is 4.98 Å². The average Bonchev–Trinajstić information content (AvgIpc) is 3.23. The maximum atomic E-state index is 5.91. The SMILES string of the molecule is CN=C(NCc1nc(-c2ccc(Cl)cc2)no1)N1CCC2(CCC2)C1.I. The summed E-state index contributed by atoms with van der Waals surface area (Å²) in [5, 5.41) is 8.07. The Morgan fingerprint density at radius 2 is 2.08 bits per heavy atom. The second-order valence-electron chi connectivity index (χ2n) is 6.94. The van der Waals surface area contributed by atoms with Crippen LogP contribution in [-0.4, -0.2) is 41.1 Å². The quantitative estimate of drug-likeness (QED) is 0.403. The molecular weight excluding hydrogens is 465 g/mol. The molecule has 2 aliphatic rings. The Kier molecular flexibility index (Phi) is 6.06. The van der Waals surface area contributed by atoms with Crippen molar-refractivity contribution >= 4 is 41.5 Å². The predicted molar refractivity (Wildman–Crippen MR) is 113 cm³/mol. The standard InChI is InChI=1S/C18H22ClN5O.HI/c1-20-17(24-10-9-18(12-24)7-2-8-18)21-11-15-22-16(23-25-15)13-3-5-14(19)6-4-13;/h3-6H,2,7-12H2,1H3,(H,20,21);1H. The fourth-order valence-corrected chi connectivity index (χ4v) is 3.86. The smallest absolute Gasteiger partial charge is 0.246 e. The van der Waals surface area contributed by atoms with E-state index in [4.69, 9.17) is 16.1 Å². The van der Waals surface area contributed by atoms with Gasteiger partial charge in [-0.15, -0.1) is 24.0 Å². The van der Waals surface area contributed by atoms with Crippen molar-refractivity contribution < 1.29 is 4.52 Å². The highest BCUT2D eigenvalue weighted by Gasteiger charge is 2.43. The minimum Gasteiger partial charge on any atom is -0.347 e. The van der Waals surface area contributed by atoms with Crippen molar-refractivity contribution in [3.63, 3.8) is 0 Å². The van der Waals surface area contributed by atoms with E-state index in [0.29, 0.717) is 28.7 Å². The van der Waals surface area contributed by atoms with Crippen LogP contribution in [0, 0.1) is 5.41 Å². The number of halogens is 2. The zero-order chi connectivity index (χ0) is 17.3. The Labute approximate surface area is 175 Å². The summed E-state index contributed by atoms with van der Waals surface area (Å²) < 4.78 is 5.35. The number of guanidine groups is 1. The lowest BCUT2D eigenvalue weighted by atomic mass is 9.68. The molecule has 1 N–H and O–H groups in total. The van der Waals surface area contributed by atoms with Gasteiger partial charge in [0.25, 0.3) is 0 Å². The fourth-order valence-electron chi connectivity index (χ4n) is 3.73. The van der Waals surface area contributed by atoms with Crippen molar-refractivity contribution in [2.75, 3.05) is 20.1 Å². The molecule has 1 saturated heterocycles. The maximum Gasteiger partial charge on any atom is 0.246 e. The molecule has 2 aromatic rings. The van der Waals surface area contributed by atoms with Crippen LogP contribution < -0.4 is 5.32 Å². The largest absolute Gasteiger partial charge is 0.347 e. The molecular formula is C18H23ClIN5O. The first kappa shape index (κ1) is 19.4. The minimum atomic E-state index is 0. The van der Waals surface area contributed by atoms with Gasteiger partial charge in [-0.1, -0.05) is 23.2 Å². The monoisotopic (exact) mass is 487 g/mol. The van der Waals surface area contributed by atoms with E-state index < -0.39 is 0 Å². The van der Waals surface area contributed by atoms with Crippen LogP contribution in [0.15, 0.2) is 33.8 Å². The first-order valence-electron chi connectivity index (χ1n) is 8.72. The predicted octanol–water partition coefficient (Wildman–Crippen LogP) is 3.96. The molecule has 6 nitrogen and oxygen atoms in total. The van der Waals surface area contributed by atoms with E-state index in [-0.39, 0.29) is 24.0 Å². The lowest BCUT2D eigenvalue weighted by Gasteiger charge is -2.38. The first-order chi connectivity index (χ1) is 12.2. The summed E-state index contributed by atoms with van der Waals surface area (Å²) in [6, 6.07) is 7.39. The highest BCUT2D eigenvalue weighted by Crippen LogP contribution is 2.47. The summed E-state index contributed by atoms with van der Waals surface area (Å²) in [5.74, 6) is 2.02. The highest BCUT2D eigenvalue weighted by atomic mass is 127. The molecule has 0 unspecified atom stereocenters. The molecule has 1 aromatic heterocycles. The Morgan fingerprint density at radius 1 is 1.31 bits per heavy atom. The number of nitrogens with one attached hydrogen (secondary N) is 1. The fraction of sp³-hybridized carbons (Fsp3) is 0.500. The Bertz CT molecular complexity index is 772. The van der Waals surface area contributed by atoms with E-state index in [1.54, 1.807) is 0 Å². The molecule has 0 bridgehead atoms. The Balaban J connectivity index is 0.00000196. The maximum absolute atomic E-state index is 5.91. The molecule has 1 aliphatic heterocycles. The van der Waals surface area contributed by atoms with E-state index in [0.717, 1.165) is 24.6 Å². The van der Waals surface area contributed by atoms with E-state index in [1.807, 2.05) is 31.3 Å². The van der Waals surface area contributed by atoms with E-state index in [2.05, 4.69) is 25.3 Å². The van der Waals surface area contributed by atoms with Gasteiger partial charge in [0.2, 0.25) is 11.7 Å². The third-order valence-corrected chi connectivity index (χ3v) is 5.58. The summed E-state index contributed by atoms with van der Waals surface area (Å²) in [6.45, 7) is 2.64. The van der Waals surface area contributed by atoms with Crippen LogP contribution in [0.5, 0.6) is 0 Å². The van der Waals surface area contributed by atoms with Gasteiger partial charge in [0.15, 0.2) is 5.96 Å². The lowest BCUT2D eigenvalue weighted by Crippen LogP contribution is -2.42. The van der Waals surface area contributed by atoms with Gasteiger partial charge in [-0.25, -0.2) is 0 Å². The molecule has 1 spiro atoms. The number of nitrogens with zero attached hydrogens (tertiary/aromatic N) is 4. The van der Waals surface area contributed by atoms with Crippen LogP contribution in [0.25, 0.3) is 11.4 Å². The molecule has 26 heavy (non-hydrogen) atoms. The number of likely N-dealkylation sites (tertiary alicyclic amines) is 1. The number of aromatic nitrogens is 2. The number of hydrogen-bond acceptors (Lipinski definition) is 4. The Hall–Kier alpha value is -1.35. The van der Waals surface area contributed by atoms with Crippen molar-refractivity contribution in [1.82, 2.24) is 20.4 Å². The molecule has 140 valence electrons. The number of rotatable bonds is 3. The van der Waals surface area contributed by atoms with Crippen LogP contribution in [0.1, 0.15) is 31.6 Å². The second kappa shape index (κ2) is 8.12. The first-order valence-corrected chi connectivity index (χ1v) is 9.09. The van der Waals surface area contributed by atoms with Crippen molar-refractivity contribution in [2.45, 2.75) is 32.2 Å². The van der Waals surface area contributed by atoms with Crippen molar-refractivity contribution in [3.8, 4) is 11.4 Å². The van der Waals surface area contributed by atoms with Crippen molar-refractivity contribution in [3.05, 3.63) is 35.2 Å². The average molecular weight is 488 g/mol. The molecule has 2 fully saturated rings. The van der Waals surface area contributed by atoms with Gasteiger partial charge in [0, 0.05) is 30.7 Å². The van der Waals surface area contributed by atoms with Gasteiger partial charge in [-0.3, -0.25) is 4.99 Å². The molecule has 0 atom stereocenters. The van der Waals surface area contributed by atoms with Crippen molar-refractivity contribution in [2.24, 2.45) is 10.4 Å². The number of hydrogen-bond donors (Lipinski definition) is 1. The normalized spacial score (nSPS) is 18.5. The molecule has 4 rings (SSSR count). The summed E-state index contributed by atoms with van der Waals surface area (Å²) >= 11 is 5.91. The zero-order valence-corrected chi connectivity index (χ0v) is 17.8. The van der Waals surface area contributed by atoms with E-state index in [1.165, 1.54) is 25.7 Å². The summed E-state index contributed by atoms with van der Waals surface area (Å²) in [6.07, 6.45) is 5.35. The van der Waals surface area contributed by atoms with Gasteiger partial charge in [0.1, 0.15) is 0 Å².